The van der Waals surface area contributed by atoms with Gasteiger partial charge in [0, 0.05) is 6.04 Å². The van der Waals surface area contributed by atoms with Crippen molar-refractivity contribution in [3.63, 3.8) is 0 Å². The molecule has 1 saturated carbocycles. The highest BCUT2D eigenvalue weighted by atomic mass is 16.5. The van der Waals surface area contributed by atoms with Gasteiger partial charge in [-0.25, -0.2) is 4.98 Å². The summed E-state index contributed by atoms with van der Waals surface area (Å²) < 4.78 is 7.86. The maximum absolute atomic E-state index is 12.1. The first-order valence-corrected chi connectivity index (χ1v) is 8.63. The van der Waals surface area contributed by atoms with E-state index in [0.29, 0.717) is 12.6 Å². The first-order chi connectivity index (χ1) is 12.2. The molecule has 1 aromatic heterocycles. The Morgan fingerprint density at radius 2 is 1.96 bits per heavy atom. The number of carbonyl (C=O) groups is 1. The van der Waals surface area contributed by atoms with Crippen LogP contribution in [0.2, 0.25) is 0 Å². The molecule has 5 nitrogen and oxygen atoms in total. The Bertz CT molecular complexity index is 912. The average Bonchev–Trinajstić information content (AvgIpc) is 3.39. The number of carbonyl (C=O) groups excluding carboxylic acids is 1. The quantitative estimate of drug-likeness (QED) is 0.751. The molecule has 3 aromatic rings. The molecule has 25 heavy (non-hydrogen) atoms. The number of hydrogen-bond donors (Lipinski definition) is 1. The summed E-state index contributed by atoms with van der Waals surface area (Å²) >= 11 is 0. The molecule has 0 spiro atoms. The fraction of sp³-hybridized carbons (Fsp3) is 0.300. The second-order valence-electron chi connectivity index (χ2n) is 6.45. The predicted molar refractivity (Wildman–Crippen MR) is 96.5 cm³/mol. The lowest BCUT2D eigenvalue weighted by atomic mass is 10.2. The summed E-state index contributed by atoms with van der Waals surface area (Å²) in [5.41, 5.74) is 3.14. The van der Waals surface area contributed by atoms with Crippen LogP contribution in [0.25, 0.3) is 11.0 Å². The number of hydrogen-bond acceptors (Lipinski definition) is 3. The van der Waals surface area contributed by atoms with Gasteiger partial charge in [-0.2, -0.15) is 0 Å². The van der Waals surface area contributed by atoms with Crippen molar-refractivity contribution in [1.82, 2.24) is 14.9 Å². The van der Waals surface area contributed by atoms with E-state index in [0.717, 1.165) is 28.2 Å². The van der Waals surface area contributed by atoms with Crippen LogP contribution in [0.3, 0.4) is 0 Å². The van der Waals surface area contributed by atoms with Crippen LogP contribution < -0.4 is 10.1 Å². The highest BCUT2D eigenvalue weighted by Gasteiger charge is 2.28. The van der Waals surface area contributed by atoms with Gasteiger partial charge in [-0.05, 0) is 43.5 Å². The third kappa shape index (κ3) is 3.36. The van der Waals surface area contributed by atoms with E-state index in [1.165, 1.54) is 12.8 Å². The van der Waals surface area contributed by atoms with Gasteiger partial charge in [0.15, 0.2) is 6.61 Å². The lowest BCUT2D eigenvalue weighted by Crippen LogP contribution is -2.29. The first kappa shape index (κ1) is 15.7. The van der Waals surface area contributed by atoms with E-state index in [9.17, 15) is 4.79 Å². The van der Waals surface area contributed by atoms with Gasteiger partial charge in [0.1, 0.15) is 11.6 Å². The third-order valence-corrected chi connectivity index (χ3v) is 4.48. The number of benzene rings is 2. The molecule has 2 aromatic carbocycles. The SMILES string of the molecule is Cc1ccccc1OCC(=O)NCc1nc2ccccc2n1C1CC1. The number of nitrogens with zero attached hydrogens (tertiary/aromatic N) is 2. The molecule has 4 rings (SSSR count). The van der Waals surface area contributed by atoms with Gasteiger partial charge >= 0.3 is 0 Å². The Morgan fingerprint density at radius 3 is 2.76 bits per heavy atom. The molecule has 1 fully saturated rings. The highest BCUT2D eigenvalue weighted by molar-refractivity contribution is 5.78. The second kappa shape index (κ2) is 6.59. The minimum Gasteiger partial charge on any atom is -0.484 e. The number of ether oxygens (including phenoxy) is 1. The summed E-state index contributed by atoms with van der Waals surface area (Å²) in [7, 11) is 0. The Morgan fingerprint density at radius 1 is 1.20 bits per heavy atom. The van der Waals surface area contributed by atoms with Crippen LogP contribution in [0, 0.1) is 6.92 Å². The molecule has 0 unspecified atom stereocenters. The molecule has 0 saturated heterocycles. The molecule has 0 aliphatic heterocycles. The number of rotatable bonds is 6. The van der Waals surface area contributed by atoms with Gasteiger partial charge in [0.2, 0.25) is 0 Å². The lowest BCUT2D eigenvalue weighted by molar-refractivity contribution is -0.123. The zero-order valence-corrected chi connectivity index (χ0v) is 14.2. The summed E-state index contributed by atoms with van der Waals surface area (Å²) in [6.07, 6.45) is 2.36. The molecule has 5 heteroatoms. The lowest BCUT2D eigenvalue weighted by Gasteiger charge is -2.10. The Labute approximate surface area is 146 Å². The van der Waals surface area contributed by atoms with E-state index in [1.807, 2.05) is 49.4 Å². The summed E-state index contributed by atoms with van der Waals surface area (Å²) in [6, 6.07) is 16.3. The van der Waals surface area contributed by atoms with E-state index in [1.54, 1.807) is 0 Å². The fourth-order valence-corrected chi connectivity index (χ4v) is 3.05. The first-order valence-electron chi connectivity index (χ1n) is 8.63. The van der Waals surface area contributed by atoms with Gasteiger partial charge in [-0.1, -0.05) is 30.3 Å². The summed E-state index contributed by atoms with van der Waals surface area (Å²) in [6.45, 7) is 2.39. The zero-order valence-electron chi connectivity index (χ0n) is 14.2. The monoisotopic (exact) mass is 335 g/mol. The number of imidazole rings is 1. The molecule has 0 bridgehead atoms. The maximum atomic E-state index is 12.1. The molecule has 0 radical (unpaired) electrons. The number of fused-ring (bicyclic) bond motifs is 1. The van der Waals surface area contributed by atoms with Gasteiger partial charge in [0.25, 0.3) is 5.91 Å². The summed E-state index contributed by atoms with van der Waals surface area (Å²) in [5.74, 6) is 1.51. The van der Waals surface area contributed by atoms with E-state index in [4.69, 9.17) is 4.74 Å². The molecule has 1 aliphatic rings. The topological polar surface area (TPSA) is 56.1 Å². The van der Waals surface area contributed by atoms with E-state index in [2.05, 4.69) is 20.9 Å². The van der Waals surface area contributed by atoms with Crippen molar-refractivity contribution in [3.05, 3.63) is 59.9 Å². The van der Waals surface area contributed by atoms with Crippen molar-refractivity contribution in [1.29, 1.82) is 0 Å². The standard InChI is InChI=1S/C20H21N3O2/c1-14-6-2-5-9-18(14)25-13-20(24)21-12-19-22-16-7-3-4-8-17(16)23(19)15-10-11-15/h2-9,15H,10-13H2,1H3,(H,21,24). The van der Waals surface area contributed by atoms with Crippen LogP contribution in [-0.4, -0.2) is 22.1 Å². The average molecular weight is 335 g/mol. The zero-order chi connectivity index (χ0) is 17.2. The van der Waals surface area contributed by atoms with Gasteiger partial charge < -0.3 is 14.6 Å². The number of para-hydroxylation sites is 3. The van der Waals surface area contributed by atoms with Crippen LogP contribution >= 0.6 is 0 Å². The largest absolute Gasteiger partial charge is 0.484 e. The van der Waals surface area contributed by atoms with Crippen molar-refractivity contribution < 1.29 is 9.53 Å². The van der Waals surface area contributed by atoms with Crippen molar-refractivity contribution in [2.45, 2.75) is 32.4 Å². The molecule has 1 aliphatic carbocycles. The molecular weight excluding hydrogens is 314 g/mol. The second-order valence-corrected chi connectivity index (χ2v) is 6.45. The van der Waals surface area contributed by atoms with Crippen LogP contribution in [0.15, 0.2) is 48.5 Å². The van der Waals surface area contributed by atoms with E-state index >= 15 is 0 Å². The van der Waals surface area contributed by atoms with Crippen LogP contribution in [0.1, 0.15) is 30.3 Å². The van der Waals surface area contributed by atoms with E-state index < -0.39 is 0 Å². The Hall–Kier alpha value is -2.82. The Kier molecular flexibility index (Phi) is 4.14. The summed E-state index contributed by atoms with van der Waals surface area (Å²) in [4.78, 5) is 16.8. The number of aryl methyl sites for hydroxylation is 1. The molecular formula is C20H21N3O2. The fourth-order valence-electron chi connectivity index (χ4n) is 3.05. The molecule has 1 amide bonds. The van der Waals surface area contributed by atoms with Crippen LogP contribution in [0.4, 0.5) is 0 Å². The van der Waals surface area contributed by atoms with Gasteiger partial charge in [0.05, 0.1) is 17.6 Å². The number of aromatic nitrogens is 2. The maximum Gasteiger partial charge on any atom is 0.258 e. The minimum atomic E-state index is -0.141. The van der Waals surface area contributed by atoms with Gasteiger partial charge in [-0.15, -0.1) is 0 Å². The van der Waals surface area contributed by atoms with Crippen molar-refractivity contribution >= 4 is 16.9 Å². The van der Waals surface area contributed by atoms with Crippen molar-refractivity contribution in [2.24, 2.45) is 0 Å². The molecule has 0 atom stereocenters. The minimum absolute atomic E-state index is 0.00844. The molecule has 1 heterocycles. The Balaban J connectivity index is 1.41. The van der Waals surface area contributed by atoms with Crippen molar-refractivity contribution in [3.8, 4) is 5.75 Å². The smallest absolute Gasteiger partial charge is 0.258 e. The normalized spacial score (nSPS) is 13.8. The third-order valence-electron chi connectivity index (χ3n) is 4.48. The number of nitrogens with one attached hydrogen (secondary N) is 1. The number of amides is 1. The van der Waals surface area contributed by atoms with Gasteiger partial charge in [-0.3, -0.25) is 4.79 Å². The van der Waals surface area contributed by atoms with Crippen LogP contribution in [0.5, 0.6) is 5.75 Å². The van der Waals surface area contributed by atoms with E-state index in [-0.39, 0.29) is 12.5 Å². The molecule has 128 valence electrons. The van der Waals surface area contributed by atoms with Crippen LogP contribution in [-0.2, 0) is 11.3 Å². The van der Waals surface area contributed by atoms with Crippen molar-refractivity contribution in [2.75, 3.05) is 6.61 Å². The molecule has 1 N–H and O–H groups in total. The summed E-state index contributed by atoms with van der Waals surface area (Å²) in [5, 5.41) is 2.93. The predicted octanol–water partition coefficient (Wildman–Crippen LogP) is 3.37. The highest BCUT2D eigenvalue weighted by Crippen LogP contribution is 2.38.